The second kappa shape index (κ2) is 4.80. The molecule has 1 fully saturated rings. The summed E-state index contributed by atoms with van der Waals surface area (Å²) in [6, 6.07) is 0.622. The number of aromatic nitrogens is 3. The molecule has 2 aliphatic rings. The van der Waals surface area contributed by atoms with Gasteiger partial charge in [-0.2, -0.15) is 4.98 Å². The van der Waals surface area contributed by atoms with Crippen LogP contribution in [0.4, 0.5) is 5.95 Å². The van der Waals surface area contributed by atoms with Gasteiger partial charge in [-0.05, 0) is 19.9 Å². The number of nitrogens with one attached hydrogen (secondary N) is 2. The number of carbonyl (C=O) groups is 1. The summed E-state index contributed by atoms with van der Waals surface area (Å²) >= 11 is 0. The third-order valence-corrected chi connectivity index (χ3v) is 3.76. The smallest absolute Gasteiger partial charge is 0.291 e. The average molecular weight is 264 g/mol. The van der Waals surface area contributed by atoms with Gasteiger partial charge in [0.25, 0.3) is 5.91 Å². The number of carbonyl (C=O) groups excluding carboxylic acids is 1. The number of anilines is 1. The van der Waals surface area contributed by atoms with Crippen molar-refractivity contribution in [1.82, 2.24) is 25.0 Å². The van der Waals surface area contributed by atoms with Gasteiger partial charge in [-0.1, -0.05) is 6.92 Å². The molecular weight excluding hydrogens is 244 g/mol. The number of nitrogens with zero attached hydrogens (tertiary/aromatic N) is 4. The van der Waals surface area contributed by atoms with Gasteiger partial charge in [-0.3, -0.25) is 9.69 Å². The van der Waals surface area contributed by atoms with Gasteiger partial charge in [0.2, 0.25) is 11.8 Å². The number of fused-ring (bicyclic) bond motifs is 1. The predicted molar refractivity (Wildman–Crippen MR) is 71.1 cm³/mol. The monoisotopic (exact) mass is 264 g/mol. The maximum atomic E-state index is 12.0. The molecule has 0 aromatic carbocycles. The van der Waals surface area contributed by atoms with Crippen LogP contribution in [0.2, 0.25) is 0 Å². The van der Waals surface area contributed by atoms with Gasteiger partial charge in [-0.25, -0.2) is 4.68 Å². The van der Waals surface area contributed by atoms with Gasteiger partial charge in [0, 0.05) is 25.7 Å². The van der Waals surface area contributed by atoms with Crippen LogP contribution in [-0.4, -0.2) is 57.3 Å². The molecular formula is C12H20N6O. The number of hydrogen-bond acceptors (Lipinski definition) is 5. The number of likely N-dealkylation sites (N-methyl/N-ethyl adjacent to an activating group) is 1. The fraction of sp³-hybridized carbons (Fsp3) is 0.750. The van der Waals surface area contributed by atoms with Gasteiger partial charge < -0.3 is 10.6 Å². The molecule has 1 amide bonds. The van der Waals surface area contributed by atoms with Gasteiger partial charge in [0.05, 0.1) is 6.04 Å². The first-order valence-corrected chi connectivity index (χ1v) is 6.90. The minimum Gasteiger partial charge on any atom is -0.352 e. The molecule has 0 saturated carbocycles. The maximum absolute atomic E-state index is 12.0. The zero-order chi connectivity index (χ0) is 13.4. The number of rotatable bonds is 3. The van der Waals surface area contributed by atoms with E-state index in [9.17, 15) is 4.79 Å². The molecule has 3 heterocycles. The van der Waals surface area contributed by atoms with Crippen molar-refractivity contribution in [3.8, 4) is 0 Å². The second-order valence-corrected chi connectivity index (χ2v) is 5.34. The summed E-state index contributed by atoms with van der Waals surface area (Å²) in [5.41, 5.74) is 0. The Morgan fingerprint density at radius 2 is 2.32 bits per heavy atom. The molecule has 1 aromatic rings. The summed E-state index contributed by atoms with van der Waals surface area (Å²) in [6.07, 6.45) is 1.01. The molecule has 1 aromatic heterocycles. The lowest BCUT2D eigenvalue weighted by Gasteiger charge is -2.38. The van der Waals surface area contributed by atoms with Crippen LogP contribution in [0.1, 0.15) is 30.9 Å². The minimum atomic E-state index is -0.169. The first kappa shape index (κ1) is 12.4. The van der Waals surface area contributed by atoms with Gasteiger partial charge in [0.1, 0.15) is 0 Å². The Morgan fingerprint density at radius 3 is 3.05 bits per heavy atom. The largest absolute Gasteiger partial charge is 0.352 e. The van der Waals surface area contributed by atoms with Crippen molar-refractivity contribution in [3.63, 3.8) is 0 Å². The highest BCUT2D eigenvalue weighted by Gasteiger charge is 2.28. The summed E-state index contributed by atoms with van der Waals surface area (Å²) in [4.78, 5) is 18.6. The van der Waals surface area contributed by atoms with Crippen molar-refractivity contribution in [3.05, 3.63) is 5.82 Å². The Hall–Kier alpha value is -1.63. The first-order valence-electron chi connectivity index (χ1n) is 6.90. The van der Waals surface area contributed by atoms with Crippen LogP contribution in [0, 0.1) is 0 Å². The lowest BCUT2D eigenvalue weighted by Crippen LogP contribution is -2.59. The van der Waals surface area contributed by atoms with Crippen molar-refractivity contribution in [2.24, 2.45) is 0 Å². The normalized spacial score (nSPS) is 23.4. The van der Waals surface area contributed by atoms with Gasteiger partial charge in [0.15, 0.2) is 0 Å². The van der Waals surface area contributed by atoms with Crippen molar-refractivity contribution in [2.75, 3.05) is 25.0 Å². The van der Waals surface area contributed by atoms with Crippen LogP contribution in [0.3, 0.4) is 0 Å². The van der Waals surface area contributed by atoms with Gasteiger partial charge >= 0.3 is 0 Å². The summed E-state index contributed by atoms with van der Waals surface area (Å²) < 4.78 is 1.77. The van der Waals surface area contributed by atoms with Crippen LogP contribution in [0.25, 0.3) is 0 Å². The lowest BCUT2D eigenvalue weighted by molar-refractivity contribution is 0.0814. The summed E-state index contributed by atoms with van der Waals surface area (Å²) in [7, 11) is 0. The molecule has 2 aliphatic heterocycles. The van der Waals surface area contributed by atoms with E-state index >= 15 is 0 Å². The van der Waals surface area contributed by atoms with Crippen LogP contribution >= 0.6 is 0 Å². The summed E-state index contributed by atoms with van der Waals surface area (Å²) in [5.74, 6) is 0.802. The Morgan fingerprint density at radius 1 is 1.53 bits per heavy atom. The molecule has 0 radical (unpaired) electrons. The Bertz CT molecular complexity index is 479. The molecule has 104 valence electrons. The van der Waals surface area contributed by atoms with E-state index in [-0.39, 0.29) is 17.8 Å². The minimum absolute atomic E-state index is 0.169. The molecule has 7 heteroatoms. The molecule has 2 N–H and O–H groups in total. The number of amides is 1. The van der Waals surface area contributed by atoms with Crippen molar-refractivity contribution in [1.29, 1.82) is 0 Å². The van der Waals surface area contributed by atoms with E-state index in [1.54, 1.807) is 4.68 Å². The van der Waals surface area contributed by atoms with E-state index in [1.165, 1.54) is 0 Å². The van der Waals surface area contributed by atoms with E-state index < -0.39 is 0 Å². The van der Waals surface area contributed by atoms with Crippen LogP contribution in [-0.2, 0) is 6.54 Å². The van der Waals surface area contributed by atoms with E-state index in [1.807, 2.05) is 0 Å². The number of aryl methyl sites for hydroxylation is 1. The highest BCUT2D eigenvalue weighted by Crippen LogP contribution is 2.15. The Labute approximate surface area is 112 Å². The Balaban J connectivity index is 1.61. The third-order valence-electron chi connectivity index (χ3n) is 3.76. The fourth-order valence-electron chi connectivity index (χ4n) is 2.48. The zero-order valence-corrected chi connectivity index (χ0v) is 11.4. The van der Waals surface area contributed by atoms with E-state index in [2.05, 4.69) is 39.5 Å². The Kier molecular flexibility index (Phi) is 3.14. The number of hydrogen-bond donors (Lipinski definition) is 2. The van der Waals surface area contributed by atoms with Crippen LogP contribution in [0.15, 0.2) is 0 Å². The zero-order valence-electron chi connectivity index (χ0n) is 11.4. The summed E-state index contributed by atoms with van der Waals surface area (Å²) in [6.45, 7) is 7.92. The van der Waals surface area contributed by atoms with Crippen LogP contribution in [0.5, 0.6) is 0 Å². The fourth-order valence-corrected chi connectivity index (χ4v) is 2.48. The maximum Gasteiger partial charge on any atom is 0.291 e. The second-order valence-electron chi connectivity index (χ2n) is 5.34. The van der Waals surface area contributed by atoms with Crippen molar-refractivity contribution >= 4 is 11.9 Å². The molecule has 19 heavy (non-hydrogen) atoms. The van der Waals surface area contributed by atoms with Gasteiger partial charge in [-0.15, -0.1) is 5.10 Å². The molecule has 0 aliphatic carbocycles. The molecule has 1 unspecified atom stereocenters. The first-order chi connectivity index (χ1) is 9.15. The van der Waals surface area contributed by atoms with Crippen molar-refractivity contribution in [2.45, 2.75) is 38.9 Å². The highest BCUT2D eigenvalue weighted by molar-refractivity contribution is 5.91. The SMILES string of the molecule is CCN1CC(NC(=O)c2nc3n(n2)CCC(C)N3)C1. The molecule has 1 saturated heterocycles. The number of likely N-dealkylation sites (tertiary alicyclic amines) is 1. The quantitative estimate of drug-likeness (QED) is 0.798. The standard InChI is InChI=1S/C12H20N6O/c1-3-17-6-9(7-17)14-11(19)10-15-12-13-8(2)4-5-18(12)16-10/h8-9H,3-7H2,1-2H3,(H,14,19)(H,13,15,16). The van der Waals surface area contributed by atoms with E-state index in [0.29, 0.717) is 12.0 Å². The molecule has 7 nitrogen and oxygen atoms in total. The molecule has 1 atom stereocenters. The molecule has 0 spiro atoms. The van der Waals surface area contributed by atoms with E-state index in [0.717, 1.165) is 32.6 Å². The third kappa shape index (κ3) is 2.42. The average Bonchev–Trinajstić information content (AvgIpc) is 2.75. The predicted octanol–water partition coefficient (Wildman–Crippen LogP) is -0.0839. The lowest BCUT2D eigenvalue weighted by atomic mass is 10.1. The van der Waals surface area contributed by atoms with Crippen LogP contribution < -0.4 is 10.6 Å². The van der Waals surface area contributed by atoms with Crippen molar-refractivity contribution < 1.29 is 4.79 Å². The summed E-state index contributed by atoms with van der Waals surface area (Å²) in [5, 5.41) is 10.5. The molecule has 3 rings (SSSR count). The molecule has 0 bridgehead atoms. The van der Waals surface area contributed by atoms with E-state index in [4.69, 9.17) is 0 Å². The highest BCUT2D eigenvalue weighted by atomic mass is 16.2. The topological polar surface area (TPSA) is 75.1 Å².